The molecule has 10 heavy (non-hydrogen) atoms. The molecule has 0 radical (unpaired) electrons. The maximum Gasteiger partial charge on any atom is 0.172 e. The maximum absolute atomic E-state index is 11.1. The van der Waals surface area contributed by atoms with Crippen LogP contribution in [0.15, 0.2) is 11.6 Å². The van der Waals surface area contributed by atoms with Crippen LogP contribution in [0, 0.1) is 0 Å². The van der Waals surface area contributed by atoms with Crippen molar-refractivity contribution >= 4 is 5.78 Å². The number of nitrogens with zero attached hydrogens (tertiary/aromatic N) is 1. The molecule has 1 aliphatic rings. The zero-order chi connectivity index (χ0) is 7.72. The fourth-order valence-electron chi connectivity index (χ4n) is 1.16. The third-order valence-electron chi connectivity index (χ3n) is 1.96. The van der Waals surface area contributed by atoms with E-state index in [2.05, 4.69) is 4.90 Å². The summed E-state index contributed by atoms with van der Waals surface area (Å²) in [4.78, 5) is 13.2. The standard InChI is InChI=1S/C8H13NO/c1-6-4-8(10)7(2)9(3)5-6/h4,7H,5H2,1-3H3. The summed E-state index contributed by atoms with van der Waals surface area (Å²) < 4.78 is 0. The lowest BCUT2D eigenvalue weighted by atomic mass is 10.1. The van der Waals surface area contributed by atoms with E-state index in [0.29, 0.717) is 0 Å². The number of hydrogen-bond donors (Lipinski definition) is 0. The molecule has 2 nitrogen and oxygen atoms in total. The second-order valence-electron chi connectivity index (χ2n) is 2.98. The average molecular weight is 139 g/mol. The first-order valence-corrected chi connectivity index (χ1v) is 3.52. The Hall–Kier alpha value is -0.630. The predicted octanol–water partition coefficient (Wildman–Crippen LogP) is 0.836. The average Bonchev–Trinajstić information content (AvgIpc) is 1.82. The fourth-order valence-corrected chi connectivity index (χ4v) is 1.16. The molecule has 1 aliphatic heterocycles. The molecule has 1 heterocycles. The van der Waals surface area contributed by atoms with Crippen LogP contribution in [0.2, 0.25) is 0 Å². The SMILES string of the molecule is CC1=CC(=O)C(C)N(C)C1. The molecule has 0 bridgehead atoms. The molecule has 56 valence electrons. The second-order valence-corrected chi connectivity index (χ2v) is 2.98. The van der Waals surface area contributed by atoms with Gasteiger partial charge < -0.3 is 0 Å². The van der Waals surface area contributed by atoms with Crippen molar-refractivity contribution in [1.29, 1.82) is 0 Å². The molecule has 0 spiro atoms. The van der Waals surface area contributed by atoms with Crippen molar-refractivity contribution < 1.29 is 4.79 Å². The smallest absolute Gasteiger partial charge is 0.172 e. The van der Waals surface area contributed by atoms with Gasteiger partial charge in [0, 0.05) is 6.54 Å². The Labute approximate surface area is 61.5 Å². The molecule has 0 saturated carbocycles. The van der Waals surface area contributed by atoms with Crippen molar-refractivity contribution in [3.63, 3.8) is 0 Å². The highest BCUT2D eigenvalue weighted by Gasteiger charge is 2.20. The summed E-state index contributed by atoms with van der Waals surface area (Å²) in [5, 5.41) is 0. The van der Waals surface area contributed by atoms with E-state index in [4.69, 9.17) is 0 Å². The summed E-state index contributed by atoms with van der Waals surface area (Å²) in [6.45, 7) is 4.85. The molecule has 1 rings (SSSR count). The van der Waals surface area contributed by atoms with E-state index in [9.17, 15) is 4.79 Å². The van der Waals surface area contributed by atoms with Crippen LogP contribution >= 0.6 is 0 Å². The molecule has 0 fully saturated rings. The molecular weight excluding hydrogens is 126 g/mol. The number of likely N-dealkylation sites (N-methyl/N-ethyl adjacent to an activating group) is 1. The Morgan fingerprint density at radius 3 is 2.80 bits per heavy atom. The summed E-state index contributed by atoms with van der Waals surface area (Å²) in [6.07, 6.45) is 1.74. The van der Waals surface area contributed by atoms with Crippen molar-refractivity contribution in [3.8, 4) is 0 Å². The van der Waals surface area contributed by atoms with E-state index in [-0.39, 0.29) is 11.8 Å². The minimum Gasteiger partial charge on any atom is -0.293 e. The van der Waals surface area contributed by atoms with Crippen LogP contribution in [-0.4, -0.2) is 30.3 Å². The molecule has 2 heteroatoms. The molecule has 0 saturated heterocycles. The van der Waals surface area contributed by atoms with Crippen molar-refractivity contribution in [1.82, 2.24) is 4.90 Å². The van der Waals surface area contributed by atoms with E-state index in [0.717, 1.165) is 12.1 Å². The number of ketones is 1. The molecule has 0 aromatic carbocycles. The number of rotatable bonds is 0. The van der Waals surface area contributed by atoms with Crippen molar-refractivity contribution in [3.05, 3.63) is 11.6 Å². The Kier molecular flexibility index (Phi) is 1.90. The summed E-state index contributed by atoms with van der Waals surface area (Å²) in [5.74, 6) is 0.228. The molecule has 1 unspecified atom stereocenters. The largest absolute Gasteiger partial charge is 0.293 e. The molecule has 0 N–H and O–H groups in total. The van der Waals surface area contributed by atoms with Gasteiger partial charge in [0.05, 0.1) is 6.04 Å². The zero-order valence-corrected chi connectivity index (χ0v) is 6.72. The third kappa shape index (κ3) is 1.27. The van der Waals surface area contributed by atoms with E-state index >= 15 is 0 Å². The normalized spacial score (nSPS) is 28.5. The molecule has 1 atom stereocenters. The fraction of sp³-hybridized carbons (Fsp3) is 0.625. The van der Waals surface area contributed by atoms with Gasteiger partial charge >= 0.3 is 0 Å². The minimum atomic E-state index is 0.0729. The van der Waals surface area contributed by atoms with Gasteiger partial charge in [0.1, 0.15) is 0 Å². The van der Waals surface area contributed by atoms with Gasteiger partial charge in [0.25, 0.3) is 0 Å². The molecule has 0 aliphatic carbocycles. The van der Waals surface area contributed by atoms with Crippen LogP contribution < -0.4 is 0 Å². The highest BCUT2D eigenvalue weighted by Crippen LogP contribution is 2.09. The number of carbonyl (C=O) groups excluding carboxylic acids is 1. The van der Waals surface area contributed by atoms with Gasteiger partial charge in [-0.15, -0.1) is 0 Å². The number of carbonyl (C=O) groups is 1. The topological polar surface area (TPSA) is 20.3 Å². The van der Waals surface area contributed by atoms with Gasteiger partial charge in [-0.05, 0) is 27.0 Å². The van der Waals surface area contributed by atoms with Crippen molar-refractivity contribution in [2.45, 2.75) is 19.9 Å². The van der Waals surface area contributed by atoms with Gasteiger partial charge in [-0.1, -0.05) is 5.57 Å². The van der Waals surface area contributed by atoms with Crippen LogP contribution in [0.3, 0.4) is 0 Å². The van der Waals surface area contributed by atoms with Crippen LogP contribution in [0.4, 0.5) is 0 Å². The lowest BCUT2D eigenvalue weighted by molar-refractivity contribution is -0.119. The third-order valence-corrected chi connectivity index (χ3v) is 1.96. The van der Waals surface area contributed by atoms with Crippen LogP contribution in [-0.2, 0) is 4.79 Å². The Morgan fingerprint density at radius 1 is 1.70 bits per heavy atom. The van der Waals surface area contributed by atoms with E-state index in [1.54, 1.807) is 6.08 Å². The van der Waals surface area contributed by atoms with Crippen LogP contribution in [0.1, 0.15) is 13.8 Å². The predicted molar refractivity (Wildman–Crippen MR) is 40.9 cm³/mol. The molecule has 0 amide bonds. The number of hydrogen-bond acceptors (Lipinski definition) is 2. The quantitative estimate of drug-likeness (QED) is 0.495. The second kappa shape index (κ2) is 2.54. The Balaban J connectivity index is 2.79. The van der Waals surface area contributed by atoms with E-state index < -0.39 is 0 Å². The van der Waals surface area contributed by atoms with Gasteiger partial charge in [-0.25, -0.2) is 0 Å². The van der Waals surface area contributed by atoms with Crippen LogP contribution in [0.5, 0.6) is 0 Å². The first-order chi connectivity index (χ1) is 4.61. The summed E-state index contributed by atoms with van der Waals surface area (Å²) in [6, 6.07) is 0.0729. The van der Waals surface area contributed by atoms with Crippen molar-refractivity contribution in [2.75, 3.05) is 13.6 Å². The van der Waals surface area contributed by atoms with Gasteiger partial charge in [0.2, 0.25) is 0 Å². The Morgan fingerprint density at radius 2 is 2.30 bits per heavy atom. The molecule has 0 aromatic rings. The molecular formula is C8H13NO. The lowest BCUT2D eigenvalue weighted by Gasteiger charge is -2.26. The van der Waals surface area contributed by atoms with Gasteiger partial charge in [-0.3, -0.25) is 9.69 Å². The Bertz CT molecular complexity index is 184. The highest BCUT2D eigenvalue weighted by molar-refractivity contribution is 5.95. The highest BCUT2D eigenvalue weighted by atomic mass is 16.1. The minimum absolute atomic E-state index is 0.0729. The first-order valence-electron chi connectivity index (χ1n) is 3.52. The van der Waals surface area contributed by atoms with E-state index in [1.807, 2.05) is 20.9 Å². The summed E-state index contributed by atoms with van der Waals surface area (Å²) in [7, 11) is 1.97. The van der Waals surface area contributed by atoms with Gasteiger partial charge in [0.15, 0.2) is 5.78 Å². The monoisotopic (exact) mass is 139 g/mol. The van der Waals surface area contributed by atoms with Crippen molar-refractivity contribution in [2.24, 2.45) is 0 Å². The lowest BCUT2D eigenvalue weighted by Crippen LogP contribution is -2.39. The molecule has 0 aromatic heterocycles. The first kappa shape index (κ1) is 7.48. The maximum atomic E-state index is 11.1. The van der Waals surface area contributed by atoms with Crippen LogP contribution in [0.25, 0.3) is 0 Å². The summed E-state index contributed by atoms with van der Waals surface area (Å²) >= 11 is 0. The summed E-state index contributed by atoms with van der Waals surface area (Å²) in [5.41, 5.74) is 1.16. The van der Waals surface area contributed by atoms with Gasteiger partial charge in [-0.2, -0.15) is 0 Å². The zero-order valence-electron chi connectivity index (χ0n) is 6.72. The van der Waals surface area contributed by atoms with E-state index in [1.165, 1.54) is 0 Å².